The van der Waals surface area contributed by atoms with E-state index in [1.807, 2.05) is 5.38 Å². The summed E-state index contributed by atoms with van der Waals surface area (Å²) < 4.78 is 0. The van der Waals surface area contributed by atoms with Crippen LogP contribution in [0.1, 0.15) is 49.3 Å². The molecule has 3 rings (SSSR count). The fourth-order valence-electron chi connectivity index (χ4n) is 2.87. The molecule has 2 nitrogen and oxygen atoms in total. The Bertz CT molecular complexity index is 524. The first-order chi connectivity index (χ1) is 9.36. The van der Waals surface area contributed by atoms with Gasteiger partial charge in [0.15, 0.2) is 0 Å². The molecule has 1 aliphatic rings. The number of hydrogen-bond acceptors (Lipinski definition) is 3. The maximum Gasteiger partial charge on any atom is 0.123 e. The Labute approximate surface area is 118 Å². The van der Waals surface area contributed by atoms with Gasteiger partial charge in [-0.25, -0.2) is 4.98 Å². The average molecular weight is 272 g/mol. The molecule has 3 heteroatoms. The molecule has 0 amide bonds. The Hall–Kier alpha value is -1.19. The first-order valence-corrected chi connectivity index (χ1v) is 7.99. The maximum atomic E-state index is 5.61. The second kappa shape index (κ2) is 5.85. The van der Waals surface area contributed by atoms with Gasteiger partial charge in [0, 0.05) is 17.5 Å². The molecule has 1 aromatic heterocycles. The quantitative estimate of drug-likeness (QED) is 0.904. The highest BCUT2D eigenvalue weighted by atomic mass is 32.1. The molecule has 0 unspecified atom stereocenters. The molecule has 0 aliphatic heterocycles. The molecule has 100 valence electrons. The Morgan fingerprint density at radius 3 is 2.47 bits per heavy atom. The molecule has 2 aromatic rings. The van der Waals surface area contributed by atoms with Crippen LogP contribution in [-0.4, -0.2) is 4.98 Å². The van der Waals surface area contributed by atoms with Crippen molar-refractivity contribution in [2.45, 2.75) is 44.6 Å². The molecule has 0 atom stereocenters. The molecular weight excluding hydrogens is 252 g/mol. The van der Waals surface area contributed by atoms with Crippen LogP contribution in [0.15, 0.2) is 29.6 Å². The first kappa shape index (κ1) is 12.8. The summed E-state index contributed by atoms with van der Waals surface area (Å²) in [6.07, 6.45) is 6.90. The minimum absolute atomic E-state index is 0.524. The van der Waals surface area contributed by atoms with Gasteiger partial charge in [0.2, 0.25) is 0 Å². The molecule has 1 aromatic carbocycles. The number of nitrogens with zero attached hydrogens (tertiary/aromatic N) is 1. The lowest BCUT2D eigenvalue weighted by atomic mass is 9.84. The fraction of sp³-hybridized carbons (Fsp3) is 0.438. The van der Waals surface area contributed by atoms with Gasteiger partial charge in [-0.15, -0.1) is 11.3 Å². The number of thiazole rings is 1. The lowest BCUT2D eigenvalue weighted by molar-refractivity contribution is 0.443. The molecule has 19 heavy (non-hydrogen) atoms. The van der Waals surface area contributed by atoms with E-state index >= 15 is 0 Å². The molecule has 0 saturated heterocycles. The lowest BCUT2D eigenvalue weighted by Crippen LogP contribution is -2.04. The van der Waals surface area contributed by atoms with Gasteiger partial charge in [-0.3, -0.25) is 0 Å². The van der Waals surface area contributed by atoms with Crippen molar-refractivity contribution in [3.05, 3.63) is 40.9 Å². The van der Waals surface area contributed by atoms with Crippen LogP contribution in [0.4, 0.5) is 0 Å². The van der Waals surface area contributed by atoms with Crippen molar-refractivity contribution in [1.29, 1.82) is 0 Å². The number of hydrogen-bond donors (Lipinski definition) is 1. The first-order valence-electron chi connectivity index (χ1n) is 7.11. The summed E-state index contributed by atoms with van der Waals surface area (Å²) in [6, 6.07) is 9.00. The third-order valence-corrected chi connectivity index (χ3v) is 4.94. The van der Waals surface area contributed by atoms with Gasteiger partial charge in [-0.2, -0.15) is 0 Å². The van der Waals surface area contributed by atoms with Gasteiger partial charge >= 0.3 is 0 Å². The predicted octanol–water partition coefficient (Wildman–Crippen LogP) is 4.32. The van der Waals surface area contributed by atoms with Gasteiger partial charge in [-0.05, 0) is 24.3 Å². The summed E-state index contributed by atoms with van der Waals surface area (Å²) in [4.78, 5) is 4.53. The molecule has 1 heterocycles. The van der Waals surface area contributed by atoms with Crippen LogP contribution in [0.2, 0.25) is 0 Å². The minimum atomic E-state index is 0.524. The average Bonchev–Trinajstić information content (AvgIpc) is 2.97. The van der Waals surface area contributed by atoms with Crippen molar-refractivity contribution in [3.63, 3.8) is 0 Å². The van der Waals surface area contributed by atoms with Gasteiger partial charge in [-0.1, -0.05) is 43.5 Å². The van der Waals surface area contributed by atoms with Crippen molar-refractivity contribution < 1.29 is 0 Å². The zero-order valence-electron chi connectivity index (χ0n) is 11.1. The number of aromatic nitrogens is 1. The van der Waals surface area contributed by atoms with Crippen LogP contribution in [-0.2, 0) is 6.54 Å². The Kier molecular flexibility index (Phi) is 3.95. The molecule has 1 fully saturated rings. The molecule has 0 radical (unpaired) electrons. The van der Waals surface area contributed by atoms with E-state index in [1.165, 1.54) is 43.2 Å². The highest BCUT2D eigenvalue weighted by Gasteiger charge is 2.15. The molecular formula is C16H20N2S. The molecule has 2 N–H and O–H groups in total. The molecule has 1 aliphatic carbocycles. The van der Waals surface area contributed by atoms with E-state index < -0.39 is 0 Å². The Morgan fingerprint density at radius 2 is 1.84 bits per heavy atom. The van der Waals surface area contributed by atoms with E-state index in [4.69, 9.17) is 5.73 Å². The second-order valence-electron chi connectivity index (χ2n) is 5.31. The van der Waals surface area contributed by atoms with E-state index in [-0.39, 0.29) is 0 Å². The SMILES string of the molecule is NCc1csc(-c2ccc(C3CCCCC3)cc2)n1. The number of nitrogens with two attached hydrogens (primary N) is 1. The summed E-state index contributed by atoms with van der Waals surface area (Å²) >= 11 is 1.68. The summed E-state index contributed by atoms with van der Waals surface area (Å²) in [5.41, 5.74) is 9.30. The summed E-state index contributed by atoms with van der Waals surface area (Å²) in [7, 11) is 0. The highest BCUT2D eigenvalue weighted by Crippen LogP contribution is 2.33. The van der Waals surface area contributed by atoms with E-state index in [9.17, 15) is 0 Å². The van der Waals surface area contributed by atoms with Crippen molar-refractivity contribution in [2.24, 2.45) is 5.73 Å². The lowest BCUT2D eigenvalue weighted by Gasteiger charge is -2.21. The van der Waals surface area contributed by atoms with E-state index in [0.29, 0.717) is 6.54 Å². The van der Waals surface area contributed by atoms with Crippen molar-refractivity contribution >= 4 is 11.3 Å². The smallest absolute Gasteiger partial charge is 0.123 e. The van der Waals surface area contributed by atoms with Gasteiger partial charge in [0.1, 0.15) is 5.01 Å². The van der Waals surface area contributed by atoms with E-state index in [1.54, 1.807) is 11.3 Å². The van der Waals surface area contributed by atoms with Crippen LogP contribution in [0.25, 0.3) is 10.6 Å². The monoisotopic (exact) mass is 272 g/mol. The standard InChI is InChI=1S/C16H20N2S/c17-10-15-11-19-16(18-15)14-8-6-13(7-9-14)12-4-2-1-3-5-12/h6-9,11-12H,1-5,10,17H2. The largest absolute Gasteiger partial charge is 0.325 e. The third kappa shape index (κ3) is 2.88. The maximum absolute atomic E-state index is 5.61. The fourth-order valence-corrected chi connectivity index (χ4v) is 3.71. The van der Waals surface area contributed by atoms with Crippen LogP contribution >= 0.6 is 11.3 Å². The summed E-state index contributed by atoms with van der Waals surface area (Å²) in [5.74, 6) is 0.777. The summed E-state index contributed by atoms with van der Waals surface area (Å²) in [5, 5.41) is 3.13. The minimum Gasteiger partial charge on any atom is -0.325 e. The zero-order valence-corrected chi connectivity index (χ0v) is 12.0. The molecule has 0 bridgehead atoms. The van der Waals surface area contributed by atoms with Gasteiger partial charge in [0.25, 0.3) is 0 Å². The predicted molar refractivity (Wildman–Crippen MR) is 81.3 cm³/mol. The van der Waals surface area contributed by atoms with Crippen LogP contribution in [0.5, 0.6) is 0 Å². The number of rotatable bonds is 3. The normalized spacial score (nSPS) is 16.7. The van der Waals surface area contributed by atoms with Crippen molar-refractivity contribution in [2.75, 3.05) is 0 Å². The van der Waals surface area contributed by atoms with E-state index in [2.05, 4.69) is 29.2 Å². The van der Waals surface area contributed by atoms with Crippen LogP contribution in [0, 0.1) is 0 Å². The second-order valence-corrected chi connectivity index (χ2v) is 6.16. The van der Waals surface area contributed by atoms with Gasteiger partial charge < -0.3 is 5.73 Å². The number of benzene rings is 1. The van der Waals surface area contributed by atoms with Crippen LogP contribution < -0.4 is 5.73 Å². The van der Waals surface area contributed by atoms with Crippen molar-refractivity contribution in [1.82, 2.24) is 4.98 Å². The van der Waals surface area contributed by atoms with E-state index in [0.717, 1.165) is 16.6 Å². The Balaban J connectivity index is 1.78. The summed E-state index contributed by atoms with van der Waals surface area (Å²) in [6.45, 7) is 0.524. The topological polar surface area (TPSA) is 38.9 Å². The third-order valence-electron chi connectivity index (χ3n) is 4.00. The highest BCUT2D eigenvalue weighted by molar-refractivity contribution is 7.13. The zero-order chi connectivity index (χ0) is 13.1. The van der Waals surface area contributed by atoms with Crippen LogP contribution in [0.3, 0.4) is 0 Å². The molecule has 0 spiro atoms. The van der Waals surface area contributed by atoms with Crippen molar-refractivity contribution in [3.8, 4) is 10.6 Å². The Morgan fingerprint density at radius 1 is 1.11 bits per heavy atom. The van der Waals surface area contributed by atoms with Gasteiger partial charge in [0.05, 0.1) is 5.69 Å². The molecule has 1 saturated carbocycles.